The predicted molar refractivity (Wildman–Crippen MR) is 110 cm³/mol. The largest absolute Gasteiger partial charge is 0.573 e. The van der Waals surface area contributed by atoms with E-state index < -0.39 is 24.2 Å². The molecule has 0 bridgehead atoms. The highest BCUT2D eigenvalue weighted by atomic mass is 19.4. The molecule has 4 rings (SSSR count). The number of benzene rings is 2. The van der Waals surface area contributed by atoms with E-state index in [1.165, 1.54) is 42.6 Å². The van der Waals surface area contributed by atoms with E-state index in [9.17, 15) is 27.5 Å². The van der Waals surface area contributed by atoms with Crippen LogP contribution in [0.15, 0.2) is 48.7 Å². The van der Waals surface area contributed by atoms with Crippen LogP contribution in [0.3, 0.4) is 0 Å². The Kier molecular flexibility index (Phi) is 6.10. The van der Waals surface area contributed by atoms with E-state index in [0.29, 0.717) is 23.9 Å². The minimum atomic E-state index is -4.77. The minimum Gasteiger partial charge on any atom is -0.406 e. The molecule has 0 spiro atoms. The van der Waals surface area contributed by atoms with E-state index in [0.717, 1.165) is 12.8 Å². The van der Waals surface area contributed by atoms with Gasteiger partial charge in [0.1, 0.15) is 11.6 Å². The lowest BCUT2D eigenvalue weighted by atomic mass is 9.92. The van der Waals surface area contributed by atoms with Crippen molar-refractivity contribution in [2.24, 2.45) is 0 Å². The first-order chi connectivity index (χ1) is 15.2. The van der Waals surface area contributed by atoms with Gasteiger partial charge in [-0.1, -0.05) is 31.0 Å². The number of halogens is 4. The molecule has 0 radical (unpaired) electrons. The van der Waals surface area contributed by atoms with Crippen molar-refractivity contribution >= 4 is 16.8 Å². The van der Waals surface area contributed by atoms with Gasteiger partial charge in [-0.15, -0.1) is 13.2 Å². The Bertz CT molecular complexity index is 1110. The summed E-state index contributed by atoms with van der Waals surface area (Å²) in [4.78, 5) is 12.9. The van der Waals surface area contributed by atoms with E-state index >= 15 is 0 Å². The summed E-state index contributed by atoms with van der Waals surface area (Å²) in [6.07, 6.45) is -0.832. The molecule has 1 aliphatic carbocycles. The smallest absolute Gasteiger partial charge is 0.406 e. The number of aromatic nitrogens is 1. The Morgan fingerprint density at radius 1 is 1.12 bits per heavy atom. The van der Waals surface area contributed by atoms with Crippen LogP contribution in [-0.2, 0) is 6.54 Å². The molecule has 1 fully saturated rings. The zero-order chi connectivity index (χ0) is 22.9. The molecule has 2 N–H and O–H groups in total. The molecule has 2 unspecified atom stereocenters. The van der Waals surface area contributed by atoms with Crippen molar-refractivity contribution in [3.05, 3.63) is 65.6 Å². The Labute approximate surface area is 181 Å². The molecule has 2 atom stereocenters. The molecule has 170 valence electrons. The number of rotatable bonds is 5. The average molecular weight is 450 g/mol. The van der Waals surface area contributed by atoms with Crippen LogP contribution in [0, 0.1) is 5.82 Å². The van der Waals surface area contributed by atoms with Crippen LogP contribution in [0.5, 0.6) is 5.75 Å². The number of aliphatic hydroxyl groups is 1. The summed E-state index contributed by atoms with van der Waals surface area (Å²) < 4.78 is 57.3. The molecule has 1 amide bonds. The Morgan fingerprint density at radius 2 is 1.84 bits per heavy atom. The topological polar surface area (TPSA) is 63.5 Å². The highest BCUT2D eigenvalue weighted by Gasteiger charge is 2.31. The number of hydrogen-bond acceptors (Lipinski definition) is 3. The third-order valence-corrected chi connectivity index (χ3v) is 5.66. The van der Waals surface area contributed by atoms with Gasteiger partial charge in [0, 0.05) is 18.1 Å². The number of alkyl halides is 3. The van der Waals surface area contributed by atoms with Gasteiger partial charge in [0.25, 0.3) is 5.91 Å². The molecular weight excluding hydrogens is 428 g/mol. The molecule has 1 heterocycles. The zero-order valence-electron chi connectivity index (χ0n) is 17.0. The van der Waals surface area contributed by atoms with E-state index in [4.69, 9.17) is 0 Å². The zero-order valence-corrected chi connectivity index (χ0v) is 17.0. The second-order valence-electron chi connectivity index (χ2n) is 7.93. The normalized spacial score (nSPS) is 19.2. The Hall–Kier alpha value is -3.07. The average Bonchev–Trinajstić information content (AvgIpc) is 3.10. The molecule has 1 saturated carbocycles. The standard InChI is InChI=1S/C23H22F4N2O3/c24-17-4-3-6-19-21(17)16(22(31)28-18-5-1-2-7-20(18)30)13-29(19)12-14-8-10-15(11-9-14)32-23(25,26)27/h3-4,6,8-11,13,18,20,30H,1-2,5,7,12H2,(H,28,31). The molecular formula is C23H22F4N2O3. The van der Waals surface area contributed by atoms with Crippen LogP contribution in [0.1, 0.15) is 41.6 Å². The summed E-state index contributed by atoms with van der Waals surface area (Å²) in [6.45, 7) is 0.214. The van der Waals surface area contributed by atoms with Crippen LogP contribution in [0.4, 0.5) is 17.6 Å². The van der Waals surface area contributed by atoms with E-state index in [1.54, 1.807) is 10.6 Å². The first-order valence-electron chi connectivity index (χ1n) is 10.3. The number of carbonyl (C=O) groups is 1. The van der Waals surface area contributed by atoms with Crippen molar-refractivity contribution < 1.29 is 32.2 Å². The fourth-order valence-electron chi connectivity index (χ4n) is 4.13. The van der Waals surface area contributed by atoms with Gasteiger partial charge in [-0.3, -0.25) is 4.79 Å². The van der Waals surface area contributed by atoms with Crippen LogP contribution in [0.25, 0.3) is 10.9 Å². The van der Waals surface area contributed by atoms with Gasteiger partial charge in [0.05, 0.1) is 23.2 Å². The van der Waals surface area contributed by atoms with Crippen molar-refractivity contribution in [2.45, 2.75) is 50.7 Å². The fourth-order valence-corrected chi connectivity index (χ4v) is 4.13. The van der Waals surface area contributed by atoms with Crippen LogP contribution in [-0.4, -0.2) is 34.1 Å². The van der Waals surface area contributed by atoms with Gasteiger partial charge >= 0.3 is 6.36 Å². The summed E-state index contributed by atoms with van der Waals surface area (Å²) in [5.41, 5.74) is 1.28. The van der Waals surface area contributed by atoms with Crippen molar-refractivity contribution in [2.75, 3.05) is 0 Å². The maximum Gasteiger partial charge on any atom is 0.573 e. The number of carbonyl (C=O) groups excluding carboxylic acids is 1. The number of nitrogens with one attached hydrogen (secondary N) is 1. The van der Waals surface area contributed by atoms with Gasteiger partial charge in [-0.2, -0.15) is 0 Å². The summed E-state index contributed by atoms with van der Waals surface area (Å²) in [6, 6.07) is 9.44. The van der Waals surface area contributed by atoms with Crippen molar-refractivity contribution in [3.8, 4) is 5.75 Å². The second-order valence-corrected chi connectivity index (χ2v) is 7.93. The predicted octanol–water partition coefficient (Wildman–Crippen LogP) is 4.76. The van der Waals surface area contributed by atoms with Crippen molar-refractivity contribution in [3.63, 3.8) is 0 Å². The maximum atomic E-state index is 14.7. The maximum absolute atomic E-state index is 14.7. The van der Waals surface area contributed by atoms with Crippen molar-refractivity contribution in [1.82, 2.24) is 9.88 Å². The number of hydrogen-bond donors (Lipinski definition) is 2. The molecule has 2 aromatic carbocycles. The van der Waals surface area contributed by atoms with Crippen LogP contribution < -0.4 is 10.1 Å². The minimum absolute atomic E-state index is 0.146. The van der Waals surface area contributed by atoms with Crippen LogP contribution >= 0.6 is 0 Å². The third-order valence-electron chi connectivity index (χ3n) is 5.66. The molecule has 0 aliphatic heterocycles. The number of aliphatic hydroxyl groups excluding tert-OH is 1. The first kappa shape index (κ1) is 22.1. The van der Waals surface area contributed by atoms with E-state index in [2.05, 4.69) is 10.1 Å². The Morgan fingerprint density at radius 3 is 2.53 bits per heavy atom. The molecule has 9 heteroatoms. The third kappa shape index (κ3) is 4.88. The van der Waals surface area contributed by atoms with Gasteiger partial charge in [-0.05, 0) is 42.7 Å². The summed E-state index contributed by atoms with van der Waals surface area (Å²) in [5.74, 6) is -1.36. The van der Waals surface area contributed by atoms with Gasteiger partial charge in [0.15, 0.2) is 0 Å². The highest BCUT2D eigenvalue weighted by molar-refractivity contribution is 6.07. The monoisotopic (exact) mass is 450 g/mol. The van der Waals surface area contributed by atoms with Crippen LogP contribution in [0.2, 0.25) is 0 Å². The SMILES string of the molecule is O=C(NC1CCCCC1O)c1cn(Cc2ccc(OC(F)(F)F)cc2)c2cccc(F)c12. The number of nitrogens with zero attached hydrogens (tertiary/aromatic N) is 1. The summed E-state index contributed by atoms with van der Waals surface area (Å²) in [5, 5.41) is 13.1. The number of fused-ring (bicyclic) bond motifs is 1. The lowest BCUT2D eigenvalue weighted by Crippen LogP contribution is -2.45. The molecule has 1 aromatic heterocycles. The Balaban J connectivity index is 1.60. The molecule has 1 aliphatic rings. The molecule has 0 saturated heterocycles. The van der Waals surface area contributed by atoms with Gasteiger partial charge in [-0.25, -0.2) is 4.39 Å². The molecule has 32 heavy (non-hydrogen) atoms. The van der Waals surface area contributed by atoms with E-state index in [1.807, 2.05) is 0 Å². The summed E-state index contributed by atoms with van der Waals surface area (Å²) >= 11 is 0. The second kappa shape index (κ2) is 8.82. The quantitative estimate of drug-likeness (QED) is 0.551. The fraction of sp³-hybridized carbons (Fsp3) is 0.348. The van der Waals surface area contributed by atoms with Crippen molar-refractivity contribution in [1.29, 1.82) is 0 Å². The lowest BCUT2D eigenvalue weighted by Gasteiger charge is -2.28. The number of ether oxygens (including phenoxy) is 1. The summed E-state index contributed by atoms with van der Waals surface area (Å²) in [7, 11) is 0. The first-order valence-corrected chi connectivity index (χ1v) is 10.3. The lowest BCUT2D eigenvalue weighted by molar-refractivity contribution is -0.274. The highest BCUT2D eigenvalue weighted by Crippen LogP contribution is 2.28. The molecule has 3 aromatic rings. The van der Waals surface area contributed by atoms with Gasteiger partial charge < -0.3 is 19.7 Å². The number of amides is 1. The molecule has 5 nitrogen and oxygen atoms in total. The van der Waals surface area contributed by atoms with E-state index in [-0.39, 0.29) is 29.3 Å². The van der Waals surface area contributed by atoms with Gasteiger partial charge in [0.2, 0.25) is 0 Å².